The van der Waals surface area contributed by atoms with Gasteiger partial charge in [0.05, 0.1) is 17.8 Å². The number of hydrogen-bond donors (Lipinski definition) is 1. The quantitative estimate of drug-likeness (QED) is 0.581. The van der Waals surface area contributed by atoms with E-state index in [1.807, 2.05) is 0 Å². The lowest BCUT2D eigenvalue weighted by molar-refractivity contribution is -0.117. The van der Waals surface area contributed by atoms with Gasteiger partial charge in [-0.25, -0.2) is 4.98 Å². The van der Waals surface area contributed by atoms with Crippen molar-refractivity contribution < 1.29 is 9.59 Å². The molecule has 1 aromatic carbocycles. The van der Waals surface area contributed by atoms with Crippen molar-refractivity contribution in [3.63, 3.8) is 0 Å². The van der Waals surface area contributed by atoms with Crippen molar-refractivity contribution in [1.29, 1.82) is 5.26 Å². The first-order chi connectivity index (χ1) is 11.2. The Morgan fingerprint density at radius 1 is 1.17 bits per heavy atom. The Labute approximate surface area is 134 Å². The summed E-state index contributed by atoms with van der Waals surface area (Å²) in [4.78, 5) is 28.5. The summed E-state index contributed by atoms with van der Waals surface area (Å²) < 4.78 is 8.09. The van der Waals surface area contributed by atoms with Gasteiger partial charge in [-0.1, -0.05) is 6.07 Å². The summed E-state index contributed by atoms with van der Waals surface area (Å²) in [6.45, 7) is 0. The number of amides is 1. The Hall–Kier alpha value is -3.18. The van der Waals surface area contributed by atoms with Crippen molar-refractivity contribution in [3.8, 4) is 6.07 Å². The minimum atomic E-state index is -1.46. The molecule has 0 aliphatic rings. The third kappa shape index (κ3) is 3.04. The van der Waals surface area contributed by atoms with Crippen molar-refractivity contribution in [2.24, 2.45) is 5.92 Å². The van der Waals surface area contributed by atoms with Crippen LogP contribution in [0.3, 0.4) is 0 Å². The number of benzene rings is 1. The average Bonchev–Trinajstić information content (AvgIpc) is 3.04. The van der Waals surface area contributed by atoms with E-state index in [2.05, 4.69) is 19.0 Å². The summed E-state index contributed by atoms with van der Waals surface area (Å²) in [7, 11) is 0. The van der Waals surface area contributed by atoms with Crippen LogP contribution in [-0.2, 0) is 4.79 Å². The van der Waals surface area contributed by atoms with E-state index < -0.39 is 17.6 Å². The second-order valence-corrected chi connectivity index (χ2v) is 5.13. The molecule has 0 spiro atoms. The standard InChI is InChI=1S/C15H9N5O2S/c16-8-10(15(22)18-13-3-1-2-6-17-13)14(21)9-4-5-11-12(7-9)20-23-19-11/h1-7,10H,(H,17,18,22). The fraction of sp³-hybridized carbons (Fsp3) is 0.0667. The molecule has 1 N–H and O–H groups in total. The van der Waals surface area contributed by atoms with E-state index in [0.717, 1.165) is 11.7 Å². The first kappa shape index (κ1) is 14.7. The minimum Gasteiger partial charge on any atom is -0.309 e. The van der Waals surface area contributed by atoms with Gasteiger partial charge in [0.15, 0.2) is 11.7 Å². The first-order valence-electron chi connectivity index (χ1n) is 6.57. The van der Waals surface area contributed by atoms with E-state index in [-0.39, 0.29) is 11.4 Å². The highest BCUT2D eigenvalue weighted by atomic mass is 32.1. The van der Waals surface area contributed by atoms with Crippen LogP contribution in [0.15, 0.2) is 42.6 Å². The third-order valence-electron chi connectivity index (χ3n) is 3.11. The molecule has 112 valence electrons. The summed E-state index contributed by atoms with van der Waals surface area (Å²) in [6, 6.07) is 11.4. The molecule has 1 amide bonds. The number of rotatable bonds is 4. The first-order valence-corrected chi connectivity index (χ1v) is 7.30. The van der Waals surface area contributed by atoms with Crippen molar-refractivity contribution in [3.05, 3.63) is 48.2 Å². The largest absolute Gasteiger partial charge is 0.309 e. The molecule has 0 aliphatic carbocycles. The van der Waals surface area contributed by atoms with Crippen LogP contribution in [0, 0.1) is 17.2 Å². The molecule has 3 aromatic rings. The molecule has 3 rings (SSSR count). The Morgan fingerprint density at radius 2 is 2.00 bits per heavy atom. The number of Topliss-reactive ketones (excluding diaryl/α,β-unsaturated/α-hetero) is 1. The third-order valence-corrected chi connectivity index (χ3v) is 3.66. The van der Waals surface area contributed by atoms with Crippen LogP contribution in [0.25, 0.3) is 11.0 Å². The van der Waals surface area contributed by atoms with E-state index in [1.165, 1.54) is 18.3 Å². The molecule has 1 unspecified atom stereocenters. The van der Waals surface area contributed by atoms with E-state index >= 15 is 0 Å². The molecule has 0 saturated carbocycles. The van der Waals surface area contributed by atoms with Gasteiger partial charge in [0, 0.05) is 11.8 Å². The zero-order chi connectivity index (χ0) is 16.2. The maximum Gasteiger partial charge on any atom is 0.250 e. The van der Waals surface area contributed by atoms with E-state index in [1.54, 1.807) is 30.3 Å². The normalized spacial score (nSPS) is 11.6. The number of nitrogens with one attached hydrogen (secondary N) is 1. The number of nitrogens with zero attached hydrogens (tertiary/aromatic N) is 4. The van der Waals surface area contributed by atoms with Gasteiger partial charge >= 0.3 is 0 Å². The molecule has 7 nitrogen and oxygen atoms in total. The van der Waals surface area contributed by atoms with Crippen LogP contribution in [0.1, 0.15) is 10.4 Å². The molecular formula is C15H9N5O2S. The van der Waals surface area contributed by atoms with E-state index in [9.17, 15) is 14.9 Å². The lowest BCUT2D eigenvalue weighted by Gasteiger charge is -2.09. The number of anilines is 1. The van der Waals surface area contributed by atoms with Gasteiger partial charge < -0.3 is 5.32 Å². The van der Waals surface area contributed by atoms with Crippen LogP contribution in [0.2, 0.25) is 0 Å². The molecule has 8 heteroatoms. The predicted molar refractivity (Wildman–Crippen MR) is 83.7 cm³/mol. The molecule has 0 bridgehead atoms. The average molecular weight is 323 g/mol. The van der Waals surface area contributed by atoms with Gasteiger partial charge in [0.25, 0.3) is 5.91 Å². The number of aromatic nitrogens is 3. The Morgan fingerprint density at radius 3 is 2.74 bits per heavy atom. The van der Waals surface area contributed by atoms with Crippen molar-refractivity contribution in [1.82, 2.24) is 13.7 Å². The molecular weight excluding hydrogens is 314 g/mol. The van der Waals surface area contributed by atoms with Gasteiger partial charge in [0.1, 0.15) is 16.9 Å². The number of nitriles is 1. The molecule has 0 fully saturated rings. The van der Waals surface area contributed by atoms with Gasteiger partial charge in [0.2, 0.25) is 0 Å². The number of fused-ring (bicyclic) bond motifs is 1. The molecule has 0 radical (unpaired) electrons. The number of pyridine rings is 1. The minimum absolute atomic E-state index is 0.243. The molecule has 23 heavy (non-hydrogen) atoms. The number of ketones is 1. The second-order valence-electron chi connectivity index (χ2n) is 4.60. The van der Waals surface area contributed by atoms with Gasteiger partial charge in [-0.05, 0) is 30.3 Å². The fourth-order valence-corrected chi connectivity index (χ4v) is 2.49. The van der Waals surface area contributed by atoms with E-state index in [0.29, 0.717) is 11.0 Å². The molecule has 0 saturated heterocycles. The molecule has 2 aromatic heterocycles. The molecule has 1 atom stereocenters. The number of carbonyl (C=O) groups excluding carboxylic acids is 2. The van der Waals surface area contributed by atoms with Crippen molar-refractivity contribution in [2.45, 2.75) is 0 Å². The Bertz CT molecular complexity index is 916. The summed E-state index contributed by atoms with van der Waals surface area (Å²) in [5, 5.41) is 11.7. The molecule has 0 aliphatic heterocycles. The lowest BCUT2D eigenvalue weighted by atomic mass is 9.97. The fourth-order valence-electron chi connectivity index (χ4n) is 1.97. The zero-order valence-electron chi connectivity index (χ0n) is 11.6. The Balaban J connectivity index is 1.83. The maximum atomic E-state index is 12.4. The summed E-state index contributed by atoms with van der Waals surface area (Å²) >= 11 is 1.03. The van der Waals surface area contributed by atoms with Gasteiger partial charge in [-0.3, -0.25) is 9.59 Å². The van der Waals surface area contributed by atoms with Crippen molar-refractivity contribution in [2.75, 3.05) is 5.32 Å². The summed E-state index contributed by atoms with van der Waals surface area (Å²) in [6.07, 6.45) is 1.50. The van der Waals surface area contributed by atoms with Crippen LogP contribution < -0.4 is 5.32 Å². The Kier molecular flexibility index (Phi) is 4.03. The van der Waals surface area contributed by atoms with Crippen LogP contribution in [0.5, 0.6) is 0 Å². The summed E-state index contributed by atoms with van der Waals surface area (Å²) in [5.41, 5.74) is 1.47. The number of carbonyl (C=O) groups is 2. The van der Waals surface area contributed by atoms with Crippen LogP contribution in [0.4, 0.5) is 5.82 Å². The monoisotopic (exact) mass is 323 g/mol. The zero-order valence-corrected chi connectivity index (χ0v) is 12.4. The molecule has 2 heterocycles. The van der Waals surface area contributed by atoms with Crippen molar-refractivity contribution >= 4 is 40.3 Å². The highest BCUT2D eigenvalue weighted by molar-refractivity contribution is 7.00. The lowest BCUT2D eigenvalue weighted by Crippen LogP contribution is -2.29. The smallest absolute Gasteiger partial charge is 0.250 e. The number of hydrogen-bond acceptors (Lipinski definition) is 7. The highest BCUT2D eigenvalue weighted by Crippen LogP contribution is 2.17. The summed E-state index contributed by atoms with van der Waals surface area (Å²) in [5.74, 6) is -2.48. The van der Waals surface area contributed by atoms with E-state index in [4.69, 9.17) is 0 Å². The van der Waals surface area contributed by atoms with Crippen LogP contribution in [-0.4, -0.2) is 25.4 Å². The van der Waals surface area contributed by atoms with Crippen LogP contribution >= 0.6 is 11.7 Å². The van der Waals surface area contributed by atoms with Gasteiger partial charge in [-0.15, -0.1) is 0 Å². The van der Waals surface area contributed by atoms with Gasteiger partial charge in [-0.2, -0.15) is 14.0 Å². The maximum absolute atomic E-state index is 12.4. The SMILES string of the molecule is N#CC(C(=O)Nc1ccccn1)C(=O)c1ccc2nsnc2c1. The highest BCUT2D eigenvalue weighted by Gasteiger charge is 2.28. The predicted octanol–water partition coefficient (Wildman–Crippen LogP) is 2.05. The second kappa shape index (κ2) is 6.29. The topological polar surface area (TPSA) is 109 Å².